The van der Waals surface area contributed by atoms with Gasteiger partial charge in [0, 0.05) is 49.4 Å². The van der Waals surface area contributed by atoms with Gasteiger partial charge in [-0.2, -0.15) is 0 Å². The van der Waals surface area contributed by atoms with E-state index in [1.807, 2.05) is 25.1 Å². The van der Waals surface area contributed by atoms with E-state index in [4.69, 9.17) is 16.3 Å². The minimum atomic E-state index is -0.322. The Balaban J connectivity index is 1.48. The van der Waals surface area contributed by atoms with Gasteiger partial charge in [0.05, 0.1) is 29.0 Å². The van der Waals surface area contributed by atoms with E-state index in [2.05, 4.69) is 15.3 Å². The van der Waals surface area contributed by atoms with Crippen molar-refractivity contribution < 1.29 is 14.3 Å². The molecule has 166 valence electrons. The molecule has 0 unspecified atom stereocenters. The van der Waals surface area contributed by atoms with Crippen LogP contribution >= 0.6 is 11.6 Å². The number of nitrogens with one attached hydrogen (secondary N) is 1. The Morgan fingerprint density at radius 2 is 1.91 bits per heavy atom. The van der Waals surface area contributed by atoms with Gasteiger partial charge in [-0.15, -0.1) is 0 Å². The molecule has 0 bridgehead atoms. The molecule has 0 radical (unpaired) electrons. The normalized spacial score (nSPS) is 13.8. The lowest BCUT2D eigenvalue weighted by Gasteiger charge is -2.34. The molecule has 2 amide bonds. The first-order chi connectivity index (χ1) is 15.5. The average molecular weight is 454 g/mol. The number of benzene rings is 1. The van der Waals surface area contributed by atoms with Crippen molar-refractivity contribution in [2.45, 2.75) is 13.3 Å². The first-order valence-electron chi connectivity index (χ1n) is 10.5. The van der Waals surface area contributed by atoms with E-state index >= 15 is 0 Å². The second kappa shape index (κ2) is 9.82. The molecule has 4 rings (SSSR count). The van der Waals surface area contributed by atoms with Crippen LogP contribution in [0.2, 0.25) is 5.02 Å². The van der Waals surface area contributed by atoms with Crippen molar-refractivity contribution >= 4 is 46.0 Å². The summed E-state index contributed by atoms with van der Waals surface area (Å²) in [5.41, 5.74) is 1.94. The summed E-state index contributed by atoms with van der Waals surface area (Å²) in [5.74, 6) is 0.469. The Bertz CT molecular complexity index is 1120. The zero-order valence-corrected chi connectivity index (χ0v) is 18.5. The highest BCUT2D eigenvalue weighted by atomic mass is 35.5. The standard InChI is InChI=1S/C23H24ClN5O3/c1-2-12-32-23(31)29-10-8-28(9-11-29)22(30)16-5-6-18-19(24)14-21(27-20(18)13-16)26-17-4-3-7-25-15-17/h3-7,13-15H,2,8-12H2,1H3,(H,26,27). The van der Waals surface area contributed by atoms with E-state index in [0.717, 1.165) is 17.5 Å². The number of hydrogen-bond acceptors (Lipinski definition) is 6. The van der Waals surface area contributed by atoms with Crippen LogP contribution in [-0.4, -0.2) is 64.6 Å². The largest absolute Gasteiger partial charge is 0.449 e. The van der Waals surface area contributed by atoms with Gasteiger partial charge in [0.1, 0.15) is 5.82 Å². The first-order valence-corrected chi connectivity index (χ1v) is 10.9. The number of carbonyl (C=O) groups excluding carboxylic acids is 2. The molecule has 1 aromatic carbocycles. The van der Waals surface area contributed by atoms with Gasteiger partial charge in [-0.05, 0) is 30.7 Å². The Morgan fingerprint density at radius 3 is 2.62 bits per heavy atom. The maximum absolute atomic E-state index is 13.1. The number of aromatic nitrogens is 2. The molecule has 0 atom stereocenters. The van der Waals surface area contributed by atoms with Crippen LogP contribution in [0.25, 0.3) is 10.9 Å². The number of ether oxygens (including phenoxy) is 1. The summed E-state index contributed by atoms with van der Waals surface area (Å²) in [6, 6.07) is 10.8. The van der Waals surface area contributed by atoms with Gasteiger partial charge in [0.15, 0.2) is 0 Å². The highest BCUT2D eigenvalue weighted by Gasteiger charge is 2.25. The maximum atomic E-state index is 13.1. The van der Waals surface area contributed by atoms with Crippen LogP contribution in [0.4, 0.5) is 16.3 Å². The predicted molar refractivity (Wildman–Crippen MR) is 123 cm³/mol. The fourth-order valence-electron chi connectivity index (χ4n) is 3.52. The van der Waals surface area contributed by atoms with Crippen molar-refractivity contribution in [3.05, 3.63) is 59.4 Å². The lowest BCUT2D eigenvalue weighted by molar-refractivity contribution is 0.0560. The molecule has 0 spiro atoms. The number of anilines is 2. The third kappa shape index (κ3) is 4.91. The molecule has 0 aliphatic carbocycles. The molecular weight excluding hydrogens is 430 g/mol. The number of carbonyl (C=O) groups is 2. The van der Waals surface area contributed by atoms with Crippen LogP contribution in [0.5, 0.6) is 0 Å². The summed E-state index contributed by atoms with van der Waals surface area (Å²) in [4.78, 5) is 37.1. The fraction of sp³-hybridized carbons (Fsp3) is 0.304. The molecule has 0 saturated carbocycles. The smallest absolute Gasteiger partial charge is 0.409 e. The van der Waals surface area contributed by atoms with E-state index in [-0.39, 0.29) is 12.0 Å². The molecule has 1 fully saturated rings. The zero-order valence-electron chi connectivity index (χ0n) is 17.8. The maximum Gasteiger partial charge on any atom is 0.409 e. The van der Waals surface area contributed by atoms with Crippen LogP contribution in [0, 0.1) is 0 Å². The van der Waals surface area contributed by atoms with Crippen LogP contribution in [-0.2, 0) is 4.74 Å². The van der Waals surface area contributed by atoms with Crippen molar-refractivity contribution in [1.29, 1.82) is 0 Å². The third-order valence-corrected chi connectivity index (χ3v) is 5.51. The minimum Gasteiger partial charge on any atom is -0.449 e. The van der Waals surface area contributed by atoms with Crippen molar-refractivity contribution in [3.8, 4) is 0 Å². The highest BCUT2D eigenvalue weighted by Crippen LogP contribution is 2.28. The van der Waals surface area contributed by atoms with Crippen molar-refractivity contribution in [1.82, 2.24) is 19.8 Å². The molecule has 1 aliphatic rings. The summed E-state index contributed by atoms with van der Waals surface area (Å²) in [6.07, 6.45) is 3.84. The van der Waals surface area contributed by atoms with Gasteiger partial charge in [0.25, 0.3) is 5.91 Å². The number of nitrogens with zero attached hydrogens (tertiary/aromatic N) is 4. The number of hydrogen-bond donors (Lipinski definition) is 1. The first kappa shape index (κ1) is 21.8. The van der Waals surface area contributed by atoms with E-state index in [0.29, 0.717) is 54.7 Å². The van der Waals surface area contributed by atoms with E-state index in [1.54, 1.807) is 40.4 Å². The molecule has 2 aromatic heterocycles. The number of fused-ring (bicyclic) bond motifs is 1. The van der Waals surface area contributed by atoms with Gasteiger partial charge in [-0.3, -0.25) is 9.78 Å². The molecule has 32 heavy (non-hydrogen) atoms. The van der Waals surface area contributed by atoms with Crippen LogP contribution in [0.3, 0.4) is 0 Å². The van der Waals surface area contributed by atoms with Gasteiger partial charge in [-0.1, -0.05) is 24.6 Å². The van der Waals surface area contributed by atoms with E-state index < -0.39 is 0 Å². The zero-order chi connectivity index (χ0) is 22.5. The van der Waals surface area contributed by atoms with Crippen molar-refractivity contribution in [3.63, 3.8) is 0 Å². The van der Waals surface area contributed by atoms with Gasteiger partial charge >= 0.3 is 6.09 Å². The van der Waals surface area contributed by atoms with Gasteiger partial charge < -0.3 is 19.9 Å². The summed E-state index contributed by atoms with van der Waals surface area (Å²) in [5, 5.41) is 4.48. The summed E-state index contributed by atoms with van der Waals surface area (Å²) >= 11 is 6.45. The molecule has 8 nitrogen and oxygen atoms in total. The number of amides is 2. The van der Waals surface area contributed by atoms with E-state index in [1.165, 1.54) is 0 Å². The molecule has 9 heteroatoms. The molecular formula is C23H24ClN5O3. The van der Waals surface area contributed by atoms with Crippen molar-refractivity contribution in [2.75, 3.05) is 38.1 Å². The molecule has 1 N–H and O–H groups in total. The fourth-order valence-corrected chi connectivity index (χ4v) is 3.79. The monoisotopic (exact) mass is 453 g/mol. The predicted octanol–water partition coefficient (Wildman–Crippen LogP) is 4.33. The summed E-state index contributed by atoms with van der Waals surface area (Å²) in [7, 11) is 0. The van der Waals surface area contributed by atoms with Crippen LogP contribution in [0.1, 0.15) is 23.7 Å². The van der Waals surface area contributed by atoms with Gasteiger partial charge in [-0.25, -0.2) is 9.78 Å². The van der Waals surface area contributed by atoms with Crippen LogP contribution in [0.15, 0.2) is 48.8 Å². The Labute approximate surface area is 191 Å². The highest BCUT2D eigenvalue weighted by molar-refractivity contribution is 6.35. The lowest BCUT2D eigenvalue weighted by Crippen LogP contribution is -2.50. The molecule has 3 aromatic rings. The SMILES string of the molecule is CCCOC(=O)N1CCN(C(=O)c2ccc3c(Cl)cc(Nc4cccnc4)nc3c2)CC1. The van der Waals surface area contributed by atoms with E-state index in [9.17, 15) is 9.59 Å². The second-order valence-corrected chi connectivity index (χ2v) is 7.89. The number of rotatable bonds is 5. The molecule has 1 saturated heterocycles. The second-order valence-electron chi connectivity index (χ2n) is 7.48. The Hall–Kier alpha value is -3.39. The Kier molecular flexibility index (Phi) is 6.70. The van der Waals surface area contributed by atoms with Gasteiger partial charge in [0.2, 0.25) is 0 Å². The summed E-state index contributed by atoms with van der Waals surface area (Å²) < 4.78 is 5.18. The average Bonchev–Trinajstić information content (AvgIpc) is 2.82. The number of piperazine rings is 1. The third-order valence-electron chi connectivity index (χ3n) is 5.20. The van der Waals surface area contributed by atoms with Crippen LogP contribution < -0.4 is 5.32 Å². The Morgan fingerprint density at radius 1 is 1.12 bits per heavy atom. The van der Waals surface area contributed by atoms with Crippen molar-refractivity contribution in [2.24, 2.45) is 0 Å². The molecule has 3 heterocycles. The summed E-state index contributed by atoms with van der Waals surface area (Å²) in [6.45, 7) is 4.16. The lowest BCUT2D eigenvalue weighted by atomic mass is 10.1. The topological polar surface area (TPSA) is 87.7 Å². The minimum absolute atomic E-state index is 0.1000. The number of halogens is 1. The quantitative estimate of drug-likeness (QED) is 0.618. The number of pyridine rings is 2. The molecule has 1 aliphatic heterocycles.